The van der Waals surface area contributed by atoms with Gasteiger partial charge in [-0.25, -0.2) is 4.98 Å². The highest BCUT2D eigenvalue weighted by molar-refractivity contribution is 5.78. The van der Waals surface area contributed by atoms with Crippen molar-refractivity contribution in [1.82, 2.24) is 9.55 Å². The van der Waals surface area contributed by atoms with Gasteiger partial charge in [0.2, 0.25) is 0 Å². The maximum atomic E-state index is 11.1. The zero-order valence-electron chi connectivity index (χ0n) is 11.7. The normalized spacial score (nSPS) is 23.1. The van der Waals surface area contributed by atoms with Gasteiger partial charge in [0.05, 0.1) is 11.0 Å². The molecule has 0 spiro atoms. The first-order valence-electron chi connectivity index (χ1n) is 7.32. The molecule has 1 N–H and O–H groups in total. The largest absolute Gasteiger partial charge is 0.480 e. The molecule has 1 aliphatic carbocycles. The molecule has 2 aromatic rings. The van der Waals surface area contributed by atoms with E-state index in [1.165, 1.54) is 12.8 Å². The van der Waals surface area contributed by atoms with Gasteiger partial charge in [-0.15, -0.1) is 0 Å². The van der Waals surface area contributed by atoms with Gasteiger partial charge < -0.3 is 9.67 Å². The van der Waals surface area contributed by atoms with E-state index in [1.54, 1.807) is 0 Å². The second kappa shape index (κ2) is 5.27. The monoisotopic (exact) mass is 272 g/mol. The fourth-order valence-electron chi connectivity index (χ4n) is 3.23. The number of fused-ring (bicyclic) bond motifs is 1. The molecule has 0 aliphatic heterocycles. The van der Waals surface area contributed by atoms with Gasteiger partial charge in [-0.05, 0) is 30.9 Å². The van der Waals surface area contributed by atoms with Crippen molar-refractivity contribution in [3.8, 4) is 0 Å². The van der Waals surface area contributed by atoms with Crippen molar-refractivity contribution in [2.75, 3.05) is 0 Å². The lowest BCUT2D eigenvalue weighted by molar-refractivity contribution is -0.137. The summed E-state index contributed by atoms with van der Waals surface area (Å²) in [4.78, 5) is 15.9. The van der Waals surface area contributed by atoms with Crippen LogP contribution >= 0.6 is 0 Å². The smallest absolute Gasteiger partial charge is 0.323 e. The van der Waals surface area contributed by atoms with E-state index in [-0.39, 0.29) is 6.54 Å². The summed E-state index contributed by atoms with van der Waals surface area (Å²) in [6, 6.07) is 7.81. The summed E-state index contributed by atoms with van der Waals surface area (Å²) in [5.41, 5.74) is 1.84. The first-order chi connectivity index (χ1) is 9.65. The highest BCUT2D eigenvalue weighted by Crippen LogP contribution is 2.36. The van der Waals surface area contributed by atoms with Crippen LogP contribution in [0, 0.1) is 5.92 Å². The van der Waals surface area contributed by atoms with E-state index in [0.29, 0.717) is 5.92 Å². The van der Waals surface area contributed by atoms with Crippen LogP contribution in [0.4, 0.5) is 0 Å². The van der Waals surface area contributed by atoms with Gasteiger partial charge in [0.25, 0.3) is 0 Å². The first kappa shape index (κ1) is 13.2. The molecule has 0 amide bonds. The Balaban J connectivity index is 2.02. The SMILES string of the molecule is CC1CCC(c2nc3ccccc3n2CC(=O)O)CC1. The average Bonchev–Trinajstić information content (AvgIpc) is 2.78. The lowest BCUT2D eigenvalue weighted by Crippen LogP contribution is -2.18. The average molecular weight is 272 g/mol. The van der Waals surface area contributed by atoms with Crippen LogP contribution in [0.5, 0.6) is 0 Å². The second-order valence-corrected chi connectivity index (χ2v) is 5.90. The number of hydrogen-bond acceptors (Lipinski definition) is 2. The minimum absolute atomic E-state index is 0.00189. The van der Waals surface area contributed by atoms with Crippen LogP contribution in [0.3, 0.4) is 0 Å². The topological polar surface area (TPSA) is 55.1 Å². The van der Waals surface area contributed by atoms with Gasteiger partial charge in [0.1, 0.15) is 12.4 Å². The maximum Gasteiger partial charge on any atom is 0.323 e. The van der Waals surface area contributed by atoms with Crippen molar-refractivity contribution in [3.05, 3.63) is 30.1 Å². The molecule has 0 saturated heterocycles. The molecule has 0 unspecified atom stereocenters. The number of carboxylic acids is 1. The number of hydrogen-bond donors (Lipinski definition) is 1. The standard InChI is InChI=1S/C16H20N2O2/c1-11-6-8-12(9-7-11)16-17-13-4-2-3-5-14(13)18(16)10-15(19)20/h2-5,11-12H,6-10H2,1H3,(H,19,20). The molecule has 4 nitrogen and oxygen atoms in total. The summed E-state index contributed by atoms with van der Waals surface area (Å²) in [6.07, 6.45) is 4.65. The number of benzene rings is 1. The van der Waals surface area contributed by atoms with Gasteiger partial charge in [-0.2, -0.15) is 0 Å². The van der Waals surface area contributed by atoms with Crippen molar-refractivity contribution in [1.29, 1.82) is 0 Å². The molecule has 1 aliphatic rings. The number of carbonyl (C=O) groups is 1. The third kappa shape index (κ3) is 2.42. The van der Waals surface area contributed by atoms with E-state index in [1.807, 2.05) is 28.8 Å². The molecular weight excluding hydrogens is 252 g/mol. The van der Waals surface area contributed by atoms with E-state index < -0.39 is 5.97 Å². The molecule has 1 fully saturated rings. The molecule has 3 rings (SSSR count). The number of aliphatic carboxylic acids is 1. The van der Waals surface area contributed by atoms with Gasteiger partial charge in [0.15, 0.2) is 0 Å². The predicted octanol–water partition coefficient (Wildman–Crippen LogP) is 3.41. The maximum absolute atomic E-state index is 11.1. The number of rotatable bonds is 3. The van der Waals surface area contributed by atoms with Crippen LogP contribution < -0.4 is 0 Å². The molecule has 20 heavy (non-hydrogen) atoms. The highest BCUT2D eigenvalue weighted by Gasteiger charge is 2.25. The Morgan fingerprint density at radius 1 is 1.30 bits per heavy atom. The Labute approximate surface area is 118 Å². The van der Waals surface area contributed by atoms with Crippen LogP contribution in [0.25, 0.3) is 11.0 Å². The Bertz CT molecular complexity index is 624. The van der Waals surface area contributed by atoms with Crippen molar-refractivity contribution >= 4 is 17.0 Å². The van der Waals surface area contributed by atoms with Gasteiger partial charge in [-0.1, -0.05) is 31.9 Å². The summed E-state index contributed by atoms with van der Waals surface area (Å²) >= 11 is 0. The molecular formula is C16H20N2O2. The van der Waals surface area contributed by atoms with Gasteiger partial charge >= 0.3 is 5.97 Å². The van der Waals surface area contributed by atoms with E-state index in [0.717, 1.165) is 35.6 Å². The van der Waals surface area contributed by atoms with Crippen molar-refractivity contribution in [2.45, 2.75) is 45.1 Å². The molecule has 0 atom stereocenters. The lowest BCUT2D eigenvalue weighted by atomic mass is 9.82. The summed E-state index contributed by atoms with van der Waals surface area (Å²) in [6.45, 7) is 2.29. The number of carboxylic acid groups (broad SMARTS) is 1. The Morgan fingerprint density at radius 2 is 2.00 bits per heavy atom. The van der Waals surface area contributed by atoms with Crippen molar-refractivity contribution in [3.63, 3.8) is 0 Å². The summed E-state index contributed by atoms with van der Waals surface area (Å²) in [7, 11) is 0. The number of para-hydroxylation sites is 2. The van der Waals surface area contributed by atoms with Crippen molar-refractivity contribution in [2.24, 2.45) is 5.92 Å². The van der Waals surface area contributed by atoms with Gasteiger partial charge in [-0.3, -0.25) is 4.79 Å². The molecule has 106 valence electrons. The fourth-order valence-corrected chi connectivity index (χ4v) is 3.23. The molecule has 1 aromatic carbocycles. The number of imidazole rings is 1. The zero-order valence-corrected chi connectivity index (χ0v) is 11.7. The Morgan fingerprint density at radius 3 is 2.70 bits per heavy atom. The third-order valence-electron chi connectivity index (χ3n) is 4.36. The van der Waals surface area contributed by atoms with Crippen LogP contribution in [-0.2, 0) is 11.3 Å². The Hall–Kier alpha value is -1.84. The van der Waals surface area contributed by atoms with E-state index in [9.17, 15) is 4.79 Å². The number of aromatic nitrogens is 2. The first-order valence-corrected chi connectivity index (χ1v) is 7.32. The van der Waals surface area contributed by atoms with E-state index in [2.05, 4.69) is 6.92 Å². The van der Waals surface area contributed by atoms with Crippen LogP contribution in [-0.4, -0.2) is 20.6 Å². The van der Waals surface area contributed by atoms with Crippen molar-refractivity contribution < 1.29 is 9.90 Å². The summed E-state index contributed by atoms with van der Waals surface area (Å²) in [5, 5.41) is 9.16. The third-order valence-corrected chi connectivity index (χ3v) is 4.36. The van der Waals surface area contributed by atoms with Crippen LogP contribution in [0.2, 0.25) is 0 Å². The lowest BCUT2D eigenvalue weighted by Gasteiger charge is -2.26. The van der Waals surface area contributed by atoms with E-state index >= 15 is 0 Å². The van der Waals surface area contributed by atoms with Gasteiger partial charge in [0, 0.05) is 5.92 Å². The fraction of sp³-hybridized carbons (Fsp3) is 0.500. The van der Waals surface area contributed by atoms with Crippen LogP contribution in [0.1, 0.15) is 44.3 Å². The minimum Gasteiger partial charge on any atom is -0.480 e. The predicted molar refractivity (Wildman–Crippen MR) is 77.7 cm³/mol. The quantitative estimate of drug-likeness (QED) is 0.931. The Kier molecular flexibility index (Phi) is 3.47. The number of nitrogens with zero attached hydrogens (tertiary/aromatic N) is 2. The summed E-state index contributed by atoms with van der Waals surface area (Å²) in [5.74, 6) is 1.33. The van der Waals surface area contributed by atoms with Crippen LogP contribution in [0.15, 0.2) is 24.3 Å². The molecule has 4 heteroatoms. The zero-order chi connectivity index (χ0) is 14.1. The second-order valence-electron chi connectivity index (χ2n) is 5.90. The minimum atomic E-state index is -0.807. The highest BCUT2D eigenvalue weighted by atomic mass is 16.4. The van der Waals surface area contributed by atoms with E-state index in [4.69, 9.17) is 10.1 Å². The molecule has 1 heterocycles. The molecule has 0 bridgehead atoms. The molecule has 1 aromatic heterocycles. The molecule has 1 saturated carbocycles. The molecule has 0 radical (unpaired) electrons. The summed E-state index contributed by atoms with van der Waals surface area (Å²) < 4.78 is 1.89.